The van der Waals surface area contributed by atoms with E-state index in [9.17, 15) is 21.6 Å². The van der Waals surface area contributed by atoms with E-state index in [-0.39, 0.29) is 54.3 Å². The molecule has 1 aliphatic rings. The fraction of sp³-hybridized carbons (Fsp3) is 0.321. The van der Waals surface area contributed by atoms with E-state index in [1.54, 1.807) is 54.6 Å². The van der Waals surface area contributed by atoms with Crippen molar-refractivity contribution in [1.29, 1.82) is 0 Å². The van der Waals surface area contributed by atoms with Gasteiger partial charge in [-0.1, -0.05) is 61.9 Å². The van der Waals surface area contributed by atoms with E-state index in [1.807, 2.05) is 19.1 Å². The molecule has 1 amide bonds. The molecule has 3 aromatic carbocycles. The van der Waals surface area contributed by atoms with Gasteiger partial charge in [0.25, 0.3) is 10.0 Å². The number of carbonyl (C=O) groups excluding carboxylic acids is 1. The molecule has 0 N–H and O–H groups in total. The lowest BCUT2D eigenvalue weighted by atomic mass is 10.0. The number of nitrogens with zero attached hydrogens (tertiary/aromatic N) is 3. The minimum absolute atomic E-state index is 0.0924. The van der Waals surface area contributed by atoms with Gasteiger partial charge < -0.3 is 4.90 Å². The summed E-state index contributed by atoms with van der Waals surface area (Å²) in [5, 5.41) is 0. The largest absolute Gasteiger partial charge is 0.338 e. The van der Waals surface area contributed by atoms with Gasteiger partial charge in [-0.2, -0.15) is 4.31 Å². The molecule has 0 atom stereocenters. The Morgan fingerprint density at radius 3 is 1.92 bits per heavy atom. The molecular formula is C28H33N3O5S2. The Kier molecular flexibility index (Phi) is 8.25. The smallest absolute Gasteiger partial charge is 0.264 e. The van der Waals surface area contributed by atoms with Crippen molar-refractivity contribution in [3.8, 4) is 0 Å². The fourth-order valence-electron chi connectivity index (χ4n) is 4.32. The molecule has 0 aliphatic carbocycles. The predicted octanol–water partition coefficient (Wildman–Crippen LogP) is 3.85. The third kappa shape index (κ3) is 5.92. The maximum Gasteiger partial charge on any atom is 0.264 e. The van der Waals surface area contributed by atoms with Crippen LogP contribution in [-0.4, -0.2) is 64.7 Å². The molecule has 10 heteroatoms. The summed E-state index contributed by atoms with van der Waals surface area (Å²) in [5.41, 5.74) is 2.42. The summed E-state index contributed by atoms with van der Waals surface area (Å²) < 4.78 is 55.8. The first kappa shape index (κ1) is 27.8. The number of amides is 1. The zero-order chi connectivity index (χ0) is 27.5. The van der Waals surface area contributed by atoms with Crippen molar-refractivity contribution in [3.63, 3.8) is 0 Å². The molecule has 38 heavy (non-hydrogen) atoms. The summed E-state index contributed by atoms with van der Waals surface area (Å²) >= 11 is 0. The van der Waals surface area contributed by atoms with Crippen LogP contribution >= 0.6 is 0 Å². The monoisotopic (exact) mass is 555 g/mol. The van der Waals surface area contributed by atoms with E-state index < -0.39 is 20.0 Å². The molecule has 0 spiro atoms. The molecule has 4 rings (SSSR count). The molecule has 202 valence electrons. The minimum atomic E-state index is -4.02. The van der Waals surface area contributed by atoms with Crippen LogP contribution < -0.4 is 4.31 Å². The van der Waals surface area contributed by atoms with E-state index in [2.05, 4.69) is 13.8 Å². The molecule has 0 unspecified atom stereocenters. The molecule has 8 nitrogen and oxygen atoms in total. The lowest BCUT2D eigenvalue weighted by Gasteiger charge is -2.35. The quantitative estimate of drug-likeness (QED) is 0.421. The van der Waals surface area contributed by atoms with Crippen molar-refractivity contribution in [2.45, 2.75) is 36.5 Å². The lowest BCUT2D eigenvalue weighted by molar-refractivity contribution is -0.130. The van der Waals surface area contributed by atoms with Gasteiger partial charge >= 0.3 is 0 Å². The van der Waals surface area contributed by atoms with Crippen molar-refractivity contribution in [2.24, 2.45) is 0 Å². The highest BCUT2D eigenvalue weighted by Gasteiger charge is 2.33. The number of piperazine rings is 1. The Balaban J connectivity index is 1.52. The molecule has 0 bridgehead atoms. The van der Waals surface area contributed by atoms with E-state index in [4.69, 9.17) is 0 Å². The molecule has 0 saturated carbocycles. The van der Waals surface area contributed by atoms with Crippen LogP contribution in [0.4, 0.5) is 5.69 Å². The number of aryl methyl sites for hydroxylation is 1. The summed E-state index contributed by atoms with van der Waals surface area (Å²) in [6, 6.07) is 21.9. The summed E-state index contributed by atoms with van der Waals surface area (Å²) in [6.45, 7) is 6.23. The molecule has 1 heterocycles. The number of anilines is 1. The van der Waals surface area contributed by atoms with E-state index in [0.29, 0.717) is 5.69 Å². The van der Waals surface area contributed by atoms with Crippen molar-refractivity contribution < 1.29 is 21.6 Å². The van der Waals surface area contributed by atoms with Gasteiger partial charge in [0.2, 0.25) is 15.9 Å². The summed E-state index contributed by atoms with van der Waals surface area (Å²) in [5.74, 6) is -0.109. The molecule has 1 aliphatic heterocycles. The molecule has 0 radical (unpaired) electrons. The number of hydrogen-bond acceptors (Lipinski definition) is 5. The number of sulfonamides is 2. The van der Waals surface area contributed by atoms with Crippen molar-refractivity contribution >= 4 is 31.6 Å². The highest BCUT2D eigenvalue weighted by molar-refractivity contribution is 7.92. The van der Waals surface area contributed by atoms with Crippen LogP contribution in [0.3, 0.4) is 0 Å². The molecule has 1 fully saturated rings. The van der Waals surface area contributed by atoms with Crippen LogP contribution in [0.25, 0.3) is 0 Å². The Morgan fingerprint density at radius 1 is 0.789 bits per heavy atom. The molecule has 1 saturated heterocycles. The van der Waals surface area contributed by atoms with E-state index in [1.165, 1.54) is 21.3 Å². The van der Waals surface area contributed by atoms with Crippen LogP contribution in [-0.2, 0) is 24.8 Å². The van der Waals surface area contributed by atoms with Crippen molar-refractivity contribution in [2.75, 3.05) is 37.0 Å². The Bertz CT molecular complexity index is 1460. The number of hydrogen-bond donors (Lipinski definition) is 0. The SMILES string of the molecule is Cc1ccc(S(=O)(=O)N2CCN(C(=O)CN(c3ccc(C(C)C)cc3)S(=O)(=O)c3ccccc3)CC2)cc1. The van der Waals surface area contributed by atoms with Crippen LogP contribution in [0, 0.1) is 6.92 Å². The predicted molar refractivity (Wildman–Crippen MR) is 148 cm³/mol. The first-order valence-electron chi connectivity index (χ1n) is 12.5. The minimum Gasteiger partial charge on any atom is -0.338 e. The Labute approximate surface area is 225 Å². The summed E-state index contributed by atoms with van der Waals surface area (Å²) in [6.07, 6.45) is 0. The van der Waals surface area contributed by atoms with Gasteiger partial charge in [-0.25, -0.2) is 16.8 Å². The number of carbonyl (C=O) groups is 1. The van der Waals surface area contributed by atoms with E-state index >= 15 is 0 Å². The van der Waals surface area contributed by atoms with E-state index in [0.717, 1.165) is 15.4 Å². The third-order valence-corrected chi connectivity index (χ3v) is 10.4. The van der Waals surface area contributed by atoms with Gasteiger partial charge in [-0.3, -0.25) is 9.10 Å². The lowest BCUT2D eigenvalue weighted by Crippen LogP contribution is -2.53. The third-order valence-electron chi connectivity index (χ3n) is 6.71. The second-order valence-electron chi connectivity index (χ2n) is 9.67. The standard InChI is InChI=1S/C28H33N3O5S2/c1-22(2)24-11-13-25(14-12-24)31(38(35,36)26-7-5-4-6-8-26)21-28(32)29-17-19-30(20-18-29)37(33,34)27-15-9-23(3)10-16-27/h4-16,22H,17-21H2,1-3H3. The topological polar surface area (TPSA) is 95.1 Å². The summed E-state index contributed by atoms with van der Waals surface area (Å²) in [4.78, 5) is 15.2. The second-order valence-corrected chi connectivity index (χ2v) is 13.5. The van der Waals surface area contributed by atoms with Crippen LogP contribution in [0.5, 0.6) is 0 Å². The zero-order valence-electron chi connectivity index (χ0n) is 21.8. The van der Waals surface area contributed by atoms with Gasteiger partial charge in [0.15, 0.2) is 0 Å². The number of benzene rings is 3. The number of rotatable bonds is 8. The Hall–Kier alpha value is -3.21. The van der Waals surface area contributed by atoms with Crippen LogP contribution in [0.2, 0.25) is 0 Å². The van der Waals surface area contributed by atoms with Gasteiger partial charge in [0, 0.05) is 26.2 Å². The first-order valence-corrected chi connectivity index (χ1v) is 15.4. The molecule has 0 aromatic heterocycles. The van der Waals surface area contributed by atoms with Gasteiger partial charge in [0.05, 0.1) is 15.5 Å². The van der Waals surface area contributed by atoms with Crippen molar-refractivity contribution in [1.82, 2.24) is 9.21 Å². The maximum atomic E-state index is 13.6. The fourth-order valence-corrected chi connectivity index (χ4v) is 7.18. The summed E-state index contributed by atoms with van der Waals surface area (Å²) in [7, 11) is -7.69. The van der Waals surface area contributed by atoms with Gasteiger partial charge in [-0.05, 0) is 54.8 Å². The average Bonchev–Trinajstić information content (AvgIpc) is 2.92. The zero-order valence-corrected chi connectivity index (χ0v) is 23.5. The van der Waals surface area contributed by atoms with Crippen LogP contribution in [0.15, 0.2) is 88.7 Å². The van der Waals surface area contributed by atoms with Crippen LogP contribution in [0.1, 0.15) is 30.9 Å². The highest BCUT2D eigenvalue weighted by Crippen LogP contribution is 2.26. The first-order chi connectivity index (χ1) is 18.0. The molecular weight excluding hydrogens is 522 g/mol. The maximum absolute atomic E-state index is 13.6. The van der Waals surface area contributed by atoms with Gasteiger partial charge in [0.1, 0.15) is 6.54 Å². The second kappa shape index (κ2) is 11.3. The van der Waals surface area contributed by atoms with Gasteiger partial charge in [-0.15, -0.1) is 0 Å². The van der Waals surface area contributed by atoms with Crippen molar-refractivity contribution in [3.05, 3.63) is 90.0 Å². The average molecular weight is 556 g/mol. The highest BCUT2D eigenvalue weighted by atomic mass is 32.2. The molecule has 3 aromatic rings. The normalized spacial score (nSPS) is 15.0. The Morgan fingerprint density at radius 2 is 1.37 bits per heavy atom.